The van der Waals surface area contributed by atoms with Crippen LogP contribution in [-0.2, 0) is 0 Å². The molecular formula is C7H8O3. The molecule has 0 heterocycles. The van der Waals surface area contributed by atoms with Crippen LogP contribution in [0.1, 0.15) is 6.42 Å². The van der Waals surface area contributed by atoms with Gasteiger partial charge in [0.15, 0.2) is 17.3 Å². The van der Waals surface area contributed by atoms with Crippen LogP contribution in [0.2, 0.25) is 0 Å². The second-order valence-corrected chi connectivity index (χ2v) is 2.09. The summed E-state index contributed by atoms with van der Waals surface area (Å²) >= 11 is 0. The van der Waals surface area contributed by atoms with Gasteiger partial charge >= 0.3 is 0 Å². The molecule has 3 N–H and O–H groups in total. The summed E-state index contributed by atoms with van der Waals surface area (Å²) in [5.74, 6) is -1.10. The summed E-state index contributed by atoms with van der Waals surface area (Å²) in [6, 6.07) is 0. The Balaban J connectivity index is 3.06. The topological polar surface area (TPSA) is 60.7 Å². The van der Waals surface area contributed by atoms with Gasteiger partial charge in [0.25, 0.3) is 0 Å². The highest BCUT2D eigenvalue weighted by Gasteiger charge is 2.15. The summed E-state index contributed by atoms with van der Waals surface area (Å²) in [4.78, 5) is 0. The van der Waals surface area contributed by atoms with Crippen molar-refractivity contribution in [1.29, 1.82) is 0 Å². The van der Waals surface area contributed by atoms with Crippen molar-refractivity contribution in [2.75, 3.05) is 0 Å². The van der Waals surface area contributed by atoms with Crippen LogP contribution in [0.15, 0.2) is 35.5 Å². The Morgan fingerprint density at radius 2 is 1.80 bits per heavy atom. The third-order valence-corrected chi connectivity index (χ3v) is 1.34. The molecule has 0 saturated carbocycles. The first-order valence-corrected chi connectivity index (χ1v) is 2.82. The first kappa shape index (κ1) is 6.74. The standard InChI is InChI=1S/C7H8O3/c1-4-2-3-5(8)7(10)6(4)9/h3,8-10H,1-2H2. The Morgan fingerprint density at radius 3 is 2.30 bits per heavy atom. The van der Waals surface area contributed by atoms with Crippen molar-refractivity contribution in [3.63, 3.8) is 0 Å². The molecule has 1 aliphatic rings. The van der Waals surface area contributed by atoms with Crippen LogP contribution in [0.5, 0.6) is 0 Å². The van der Waals surface area contributed by atoms with Crippen LogP contribution >= 0.6 is 0 Å². The Kier molecular flexibility index (Phi) is 1.41. The van der Waals surface area contributed by atoms with E-state index < -0.39 is 5.76 Å². The third-order valence-electron chi connectivity index (χ3n) is 1.34. The molecule has 0 aromatic rings. The van der Waals surface area contributed by atoms with Gasteiger partial charge in [-0.25, -0.2) is 0 Å². The third kappa shape index (κ3) is 0.857. The van der Waals surface area contributed by atoms with Crippen molar-refractivity contribution >= 4 is 0 Å². The Morgan fingerprint density at radius 1 is 1.20 bits per heavy atom. The fourth-order valence-corrected chi connectivity index (χ4v) is 0.702. The Labute approximate surface area is 58.2 Å². The second kappa shape index (κ2) is 2.10. The van der Waals surface area contributed by atoms with Crippen molar-refractivity contribution in [2.24, 2.45) is 0 Å². The predicted octanol–water partition coefficient (Wildman–Crippen LogP) is 1.72. The van der Waals surface area contributed by atoms with Gasteiger partial charge in [-0.1, -0.05) is 6.58 Å². The van der Waals surface area contributed by atoms with E-state index in [4.69, 9.17) is 15.3 Å². The first-order valence-electron chi connectivity index (χ1n) is 2.82. The highest BCUT2D eigenvalue weighted by molar-refractivity contribution is 5.38. The van der Waals surface area contributed by atoms with Crippen LogP contribution < -0.4 is 0 Å². The van der Waals surface area contributed by atoms with Gasteiger partial charge in [0.2, 0.25) is 0 Å². The number of aliphatic hydroxyl groups excluding tert-OH is 3. The molecular weight excluding hydrogens is 132 g/mol. The molecule has 0 aliphatic heterocycles. The van der Waals surface area contributed by atoms with Crippen molar-refractivity contribution in [3.8, 4) is 0 Å². The summed E-state index contributed by atoms with van der Waals surface area (Å²) in [6.45, 7) is 3.46. The van der Waals surface area contributed by atoms with Gasteiger partial charge in [0, 0.05) is 0 Å². The lowest BCUT2D eigenvalue weighted by molar-refractivity contribution is 0.282. The van der Waals surface area contributed by atoms with Gasteiger partial charge in [-0.15, -0.1) is 0 Å². The first-order chi connectivity index (χ1) is 4.63. The zero-order valence-electron chi connectivity index (χ0n) is 5.33. The number of rotatable bonds is 0. The van der Waals surface area contributed by atoms with Crippen LogP contribution in [0.25, 0.3) is 0 Å². The normalized spacial score (nSPS) is 19.2. The van der Waals surface area contributed by atoms with E-state index >= 15 is 0 Å². The molecule has 0 bridgehead atoms. The zero-order chi connectivity index (χ0) is 7.72. The molecule has 3 nitrogen and oxygen atoms in total. The minimum atomic E-state index is -0.490. The van der Waals surface area contributed by atoms with Gasteiger partial charge < -0.3 is 15.3 Å². The van der Waals surface area contributed by atoms with Crippen molar-refractivity contribution < 1.29 is 15.3 Å². The molecule has 0 radical (unpaired) electrons. The molecule has 0 aromatic heterocycles. The lowest BCUT2D eigenvalue weighted by Crippen LogP contribution is -2.01. The molecule has 0 saturated heterocycles. The fourth-order valence-electron chi connectivity index (χ4n) is 0.702. The van der Waals surface area contributed by atoms with Crippen molar-refractivity contribution in [2.45, 2.75) is 6.42 Å². The SMILES string of the molecule is C=C1CC=C(O)C(O)=C1O. The molecule has 1 aliphatic carbocycles. The molecule has 0 fully saturated rings. The molecule has 0 aromatic carbocycles. The van der Waals surface area contributed by atoms with E-state index in [0.29, 0.717) is 12.0 Å². The van der Waals surface area contributed by atoms with Crippen LogP contribution in [0.3, 0.4) is 0 Å². The largest absolute Gasteiger partial charge is 0.504 e. The number of allylic oxidation sites excluding steroid dienone is 2. The van der Waals surface area contributed by atoms with Crippen LogP contribution in [-0.4, -0.2) is 15.3 Å². The molecule has 0 unspecified atom stereocenters. The quantitative estimate of drug-likeness (QED) is 0.480. The molecule has 10 heavy (non-hydrogen) atoms. The smallest absolute Gasteiger partial charge is 0.200 e. The van der Waals surface area contributed by atoms with Gasteiger partial charge in [-0.2, -0.15) is 0 Å². The maximum absolute atomic E-state index is 8.95. The Hall–Kier alpha value is -1.38. The van der Waals surface area contributed by atoms with E-state index in [1.807, 2.05) is 0 Å². The molecule has 54 valence electrons. The monoisotopic (exact) mass is 140 g/mol. The average Bonchev–Trinajstić information content (AvgIpc) is 1.93. The lowest BCUT2D eigenvalue weighted by atomic mass is 10.1. The van der Waals surface area contributed by atoms with Gasteiger partial charge in [-0.05, 0) is 18.1 Å². The number of aliphatic hydroxyl groups is 3. The van der Waals surface area contributed by atoms with Crippen LogP contribution in [0.4, 0.5) is 0 Å². The molecule has 0 spiro atoms. The van der Waals surface area contributed by atoms with E-state index in [0.717, 1.165) is 0 Å². The second-order valence-electron chi connectivity index (χ2n) is 2.09. The van der Waals surface area contributed by atoms with Crippen molar-refractivity contribution in [3.05, 3.63) is 35.5 Å². The van der Waals surface area contributed by atoms with E-state index in [9.17, 15) is 0 Å². The summed E-state index contributed by atoms with van der Waals surface area (Å²) in [6.07, 6.45) is 1.76. The predicted molar refractivity (Wildman–Crippen MR) is 36.8 cm³/mol. The van der Waals surface area contributed by atoms with E-state index in [1.165, 1.54) is 6.08 Å². The summed E-state index contributed by atoms with van der Waals surface area (Å²) in [5.41, 5.74) is 0.412. The molecule has 3 heteroatoms. The van der Waals surface area contributed by atoms with Gasteiger partial charge in [-0.3, -0.25) is 0 Å². The van der Waals surface area contributed by atoms with E-state index in [1.54, 1.807) is 0 Å². The lowest BCUT2D eigenvalue weighted by Gasteiger charge is -2.10. The zero-order valence-corrected chi connectivity index (χ0v) is 5.33. The maximum Gasteiger partial charge on any atom is 0.200 e. The Bertz CT molecular complexity index is 231. The number of hydrogen-bond donors (Lipinski definition) is 3. The average molecular weight is 140 g/mol. The minimum Gasteiger partial charge on any atom is -0.504 e. The minimum absolute atomic E-state index is 0.287. The summed E-state index contributed by atoms with van der Waals surface area (Å²) in [5, 5.41) is 26.6. The fraction of sp³-hybridized carbons (Fsp3) is 0.143. The van der Waals surface area contributed by atoms with Crippen LogP contribution in [0, 0.1) is 0 Å². The molecule has 0 atom stereocenters. The number of hydrogen-bond acceptors (Lipinski definition) is 3. The molecule has 0 amide bonds. The van der Waals surface area contributed by atoms with Gasteiger partial charge in [0.05, 0.1) is 0 Å². The summed E-state index contributed by atoms with van der Waals surface area (Å²) < 4.78 is 0. The highest BCUT2D eigenvalue weighted by Crippen LogP contribution is 2.22. The highest BCUT2D eigenvalue weighted by atomic mass is 16.3. The summed E-state index contributed by atoms with van der Waals surface area (Å²) in [7, 11) is 0. The van der Waals surface area contributed by atoms with Crippen molar-refractivity contribution in [1.82, 2.24) is 0 Å². The maximum atomic E-state index is 8.95. The van der Waals surface area contributed by atoms with E-state index in [2.05, 4.69) is 6.58 Å². The van der Waals surface area contributed by atoms with Gasteiger partial charge in [0.1, 0.15) is 0 Å². The van der Waals surface area contributed by atoms with E-state index in [-0.39, 0.29) is 11.5 Å². The molecule has 1 rings (SSSR count).